The van der Waals surface area contributed by atoms with Crippen LogP contribution in [0.3, 0.4) is 0 Å². The van der Waals surface area contributed by atoms with E-state index in [0.29, 0.717) is 38.8 Å². The number of carbonyl (C=O) groups excluding carboxylic acids is 1. The van der Waals surface area contributed by atoms with Crippen LogP contribution in [-0.2, 0) is 21.2 Å². The van der Waals surface area contributed by atoms with Crippen molar-refractivity contribution in [3.8, 4) is 0 Å². The summed E-state index contributed by atoms with van der Waals surface area (Å²) in [4.78, 5) is 15.1. The maximum atomic E-state index is 12.2. The van der Waals surface area contributed by atoms with Crippen LogP contribution in [0.4, 0.5) is 0 Å². The zero-order chi connectivity index (χ0) is 16.0. The van der Waals surface area contributed by atoms with Gasteiger partial charge in [0.05, 0.1) is 12.2 Å². The largest absolute Gasteiger partial charge is 0.342 e. The van der Waals surface area contributed by atoms with E-state index in [-0.39, 0.29) is 17.7 Å². The number of unbranched alkanes of at least 4 members (excludes halogenated alkanes) is 1. The lowest BCUT2D eigenvalue weighted by molar-refractivity contribution is -0.131. The van der Waals surface area contributed by atoms with E-state index in [1.807, 2.05) is 29.3 Å². The van der Waals surface area contributed by atoms with Gasteiger partial charge in [-0.2, -0.15) is 0 Å². The third-order valence-corrected chi connectivity index (χ3v) is 6.26. The molecule has 0 saturated carbocycles. The zero-order valence-corrected chi connectivity index (χ0v) is 14.6. The Bertz CT molecular complexity index is 562. The highest BCUT2D eigenvalue weighted by Gasteiger charge is 2.25. The van der Waals surface area contributed by atoms with Crippen LogP contribution in [0, 0.1) is 0 Å². The summed E-state index contributed by atoms with van der Waals surface area (Å²) < 4.78 is 26.6. The molecular formula is C15H24N2O3S2. The summed E-state index contributed by atoms with van der Waals surface area (Å²) >= 11 is 1.59. The monoisotopic (exact) mass is 344 g/mol. The molecule has 0 unspecified atom stereocenters. The number of nitrogens with one attached hydrogen (secondary N) is 1. The number of amides is 1. The van der Waals surface area contributed by atoms with Crippen LogP contribution in [0.5, 0.6) is 0 Å². The van der Waals surface area contributed by atoms with Gasteiger partial charge in [-0.15, -0.1) is 11.3 Å². The second-order valence-corrected chi connectivity index (χ2v) is 8.61. The molecule has 0 bridgehead atoms. The fourth-order valence-corrected chi connectivity index (χ4v) is 4.79. The zero-order valence-electron chi connectivity index (χ0n) is 13.0. The molecule has 22 heavy (non-hydrogen) atoms. The van der Waals surface area contributed by atoms with E-state index in [2.05, 4.69) is 4.72 Å². The number of nitrogens with zero attached hydrogens (tertiary/aromatic N) is 1. The van der Waals surface area contributed by atoms with E-state index in [1.165, 1.54) is 0 Å². The Balaban J connectivity index is 1.76. The van der Waals surface area contributed by atoms with Crippen LogP contribution in [0.2, 0.25) is 0 Å². The molecule has 1 aromatic heterocycles. The first-order valence-electron chi connectivity index (χ1n) is 7.80. The highest BCUT2D eigenvalue weighted by molar-refractivity contribution is 7.89. The van der Waals surface area contributed by atoms with Gasteiger partial charge in [0.15, 0.2) is 0 Å². The van der Waals surface area contributed by atoms with Crippen LogP contribution < -0.4 is 4.72 Å². The summed E-state index contributed by atoms with van der Waals surface area (Å²) in [6.45, 7) is 3.24. The van der Waals surface area contributed by atoms with E-state index < -0.39 is 10.0 Å². The number of hydrogen-bond acceptors (Lipinski definition) is 4. The van der Waals surface area contributed by atoms with Crippen molar-refractivity contribution < 1.29 is 13.2 Å². The molecule has 2 heterocycles. The lowest BCUT2D eigenvalue weighted by Gasteiger charge is -2.32. The summed E-state index contributed by atoms with van der Waals surface area (Å²) in [6, 6.07) is 3.88. The lowest BCUT2D eigenvalue weighted by Crippen LogP contribution is -2.47. The second-order valence-electron chi connectivity index (χ2n) is 5.70. The Morgan fingerprint density at radius 1 is 1.41 bits per heavy atom. The van der Waals surface area contributed by atoms with Crippen molar-refractivity contribution in [1.29, 1.82) is 0 Å². The van der Waals surface area contributed by atoms with Crippen molar-refractivity contribution in [3.05, 3.63) is 22.4 Å². The molecule has 1 aliphatic heterocycles. The van der Waals surface area contributed by atoms with Gasteiger partial charge in [-0.1, -0.05) is 19.4 Å². The standard InChI is InChI=1S/C15H24N2O3S2/c1-2-3-11-22(19,20)16-13-6-8-17(9-7-13)15(18)12-14-5-4-10-21-14/h4-5,10,13,16H,2-3,6-9,11-12H2,1H3. The quantitative estimate of drug-likeness (QED) is 0.823. The Kier molecular flexibility index (Phi) is 6.40. The van der Waals surface area contributed by atoms with Gasteiger partial charge in [0, 0.05) is 24.0 Å². The summed E-state index contributed by atoms with van der Waals surface area (Å²) in [5.41, 5.74) is 0. The van der Waals surface area contributed by atoms with Gasteiger partial charge in [0.2, 0.25) is 15.9 Å². The van der Waals surface area contributed by atoms with Crippen LogP contribution in [0.15, 0.2) is 17.5 Å². The van der Waals surface area contributed by atoms with Crippen molar-refractivity contribution in [3.63, 3.8) is 0 Å². The number of hydrogen-bond donors (Lipinski definition) is 1. The highest BCUT2D eigenvalue weighted by Crippen LogP contribution is 2.15. The molecular weight excluding hydrogens is 320 g/mol. The van der Waals surface area contributed by atoms with Gasteiger partial charge in [-0.3, -0.25) is 4.79 Å². The van der Waals surface area contributed by atoms with Crippen molar-refractivity contribution >= 4 is 27.3 Å². The predicted molar refractivity (Wildman–Crippen MR) is 89.5 cm³/mol. The van der Waals surface area contributed by atoms with Gasteiger partial charge in [0.1, 0.15) is 0 Å². The number of sulfonamides is 1. The minimum atomic E-state index is -3.17. The predicted octanol–water partition coefficient (Wildman–Crippen LogP) is 2.00. The van der Waals surface area contributed by atoms with Crippen LogP contribution in [0.25, 0.3) is 0 Å². The molecule has 0 atom stereocenters. The van der Waals surface area contributed by atoms with Crippen molar-refractivity contribution in [1.82, 2.24) is 9.62 Å². The van der Waals surface area contributed by atoms with Crippen LogP contribution >= 0.6 is 11.3 Å². The summed E-state index contributed by atoms with van der Waals surface area (Å²) in [7, 11) is -3.17. The van der Waals surface area contributed by atoms with Crippen molar-refractivity contribution in [2.75, 3.05) is 18.8 Å². The summed E-state index contributed by atoms with van der Waals surface area (Å²) in [5, 5.41) is 1.97. The fraction of sp³-hybridized carbons (Fsp3) is 0.667. The molecule has 0 aliphatic carbocycles. The molecule has 1 fully saturated rings. The lowest BCUT2D eigenvalue weighted by atomic mass is 10.1. The van der Waals surface area contributed by atoms with E-state index >= 15 is 0 Å². The third-order valence-electron chi connectivity index (χ3n) is 3.87. The molecule has 7 heteroatoms. The highest BCUT2D eigenvalue weighted by atomic mass is 32.2. The first-order chi connectivity index (χ1) is 10.5. The van der Waals surface area contributed by atoms with Crippen molar-refractivity contribution in [2.45, 2.75) is 45.1 Å². The molecule has 1 N–H and O–H groups in total. The maximum Gasteiger partial charge on any atom is 0.227 e. The number of likely N-dealkylation sites (tertiary alicyclic amines) is 1. The average molecular weight is 345 g/mol. The molecule has 2 rings (SSSR count). The molecule has 0 aromatic carbocycles. The molecule has 5 nitrogen and oxygen atoms in total. The minimum absolute atomic E-state index is 0.0346. The van der Waals surface area contributed by atoms with E-state index in [0.717, 1.165) is 11.3 Å². The maximum absolute atomic E-state index is 12.2. The van der Waals surface area contributed by atoms with E-state index in [4.69, 9.17) is 0 Å². The smallest absolute Gasteiger partial charge is 0.227 e. The molecule has 1 aliphatic rings. The van der Waals surface area contributed by atoms with Crippen LogP contribution in [0.1, 0.15) is 37.5 Å². The van der Waals surface area contributed by atoms with Gasteiger partial charge >= 0.3 is 0 Å². The van der Waals surface area contributed by atoms with Crippen molar-refractivity contribution in [2.24, 2.45) is 0 Å². The van der Waals surface area contributed by atoms with Gasteiger partial charge in [-0.25, -0.2) is 13.1 Å². The Labute approximate surface area is 136 Å². The first kappa shape index (κ1) is 17.4. The molecule has 124 valence electrons. The Hall–Kier alpha value is -0.920. The Morgan fingerprint density at radius 2 is 2.14 bits per heavy atom. The number of piperidine rings is 1. The number of thiophene rings is 1. The normalized spacial score (nSPS) is 16.9. The Morgan fingerprint density at radius 3 is 2.73 bits per heavy atom. The fourth-order valence-electron chi connectivity index (χ4n) is 2.57. The van der Waals surface area contributed by atoms with Crippen LogP contribution in [-0.4, -0.2) is 44.1 Å². The van der Waals surface area contributed by atoms with E-state index in [1.54, 1.807) is 11.3 Å². The molecule has 0 spiro atoms. The number of carbonyl (C=O) groups is 1. The first-order valence-corrected chi connectivity index (χ1v) is 10.3. The summed E-state index contributed by atoms with van der Waals surface area (Å²) in [6.07, 6.45) is 3.40. The SMILES string of the molecule is CCCCS(=O)(=O)NC1CCN(C(=O)Cc2cccs2)CC1. The van der Waals surface area contributed by atoms with Gasteiger partial charge in [-0.05, 0) is 30.7 Å². The molecule has 0 radical (unpaired) electrons. The molecule has 1 amide bonds. The molecule has 1 aromatic rings. The third kappa shape index (κ3) is 5.37. The van der Waals surface area contributed by atoms with E-state index in [9.17, 15) is 13.2 Å². The average Bonchev–Trinajstić information content (AvgIpc) is 2.98. The second kappa shape index (κ2) is 8.08. The number of rotatable bonds is 7. The topological polar surface area (TPSA) is 66.5 Å². The summed E-state index contributed by atoms with van der Waals surface area (Å²) in [5.74, 6) is 0.329. The minimum Gasteiger partial charge on any atom is -0.342 e. The van der Waals surface area contributed by atoms with Gasteiger partial charge in [0.25, 0.3) is 0 Å². The van der Waals surface area contributed by atoms with Gasteiger partial charge < -0.3 is 4.90 Å². The molecule has 1 saturated heterocycles.